The van der Waals surface area contributed by atoms with Gasteiger partial charge in [-0.1, -0.05) is 12.1 Å². The second-order valence-electron chi connectivity index (χ2n) is 3.63. The highest BCUT2D eigenvalue weighted by Crippen LogP contribution is 2.14. The van der Waals surface area contributed by atoms with Crippen molar-refractivity contribution in [1.82, 2.24) is 10.4 Å². The minimum Gasteiger partial charge on any atom is -0.294 e. The highest BCUT2D eigenvalue weighted by Gasteiger charge is 2.11. The Morgan fingerprint density at radius 2 is 2.24 bits per heavy atom. The lowest BCUT2D eigenvalue weighted by atomic mass is 10.1. The van der Waals surface area contributed by atoms with Gasteiger partial charge in [-0.05, 0) is 7.05 Å². The topological polar surface area (TPSA) is 75.5 Å². The Kier molecular flexibility index (Phi) is 4.74. The average Bonchev–Trinajstić information content (AvgIpc) is 2.35. The van der Waals surface area contributed by atoms with Crippen molar-refractivity contribution < 1.29 is 9.72 Å². The van der Waals surface area contributed by atoms with E-state index in [0.717, 1.165) is 0 Å². The summed E-state index contributed by atoms with van der Waals surface area (Å²) in [6, 6.07) is 5.79. The molecule has 0 saturated carbocycles. The van der Waals surface area contributed by atoms with Crippen molar-refractivity contribution in [2.75, 3.05) is 20.6 Å². The molecule has 0 aliphatic heterocycles. The van der Waals surface area contributed by atoms with Crippen LogP contribution in [0, 0.1) is 10.1 Å². The summed E-state index contributed by atoms with van der Waals surface area (Å²) >= 11 is 0. The number of rotatable bonds is 6. The number of hydrazine groups is 1. The third-order valence-electron chi connectivity index (χ3n) is 2.43. The number of hydrogen-bond donors (Lipinski definition) is 1. The van der Waals surface area contributed by atoms with Crippen LogP contribution in [0.4, 0.5) is 5.69 Å². The fourth-order valence-electron chi connectivity index (χ4n) is 1.32. The molecule has 92 valence electrons. The van der Waals surface area contributed by atoms with Gasteiger partial charge in [0.1, 0.15) is 0 Å². The van der Waals surface area contributed by atoms with E-state index in [1.807, 2.05) is 7.05 Å². The minimum absolute atomic E-state index is 0.0576. The number of carbonyl (C=O) groups excluding carboxylic acids is 1. The molecule has 0 amide bonds. The van der Waals surface area contributed by atoms with Gasteiger partial charge in [0.05, 0.1) is 4.92 Å². The van der Waals surface area contributed by atoms with E-state index < -0.39 is 4.92 Å². The second-order valence-corrected chi connectivity index (χ2v) is 3.63. The smallest absolute Gasteiger partial charge is 0.270 e. The van der Waals surface area contributed by atoms with Gasteiger partial charge in [0.25, 0.3) is 5.69 Å². The molecule has 1 rings (SSSR count). The summed E-state index contributed by atoms with van der Waals surface area (Å²) in [4.78, 5) is 21.8. The number of nitro benzene ring substituents is 1. The third kappa shape index (κ3) is 3.93. The van der Waals surface area contributed by atoms with Crippen molar-refractivity contribution in [2.45, 2.75) is 6.42 Å². The van der Waals surface area contributed by atoms with E-state index in [9.17, 15) is 14.9 Å². The van der Waals surface area contributed by atoms with Gasteiger partial charge in [0, 0.05) is 37.7 Å². The van der Waals surface area contributed by atoms with Crippen molar-refractivity contribution in [2.24, 2.45) is 0 Å². The molecule has 0 atom stereocenters. The van der Waals surface area contributed by atoms with Crippen molar-refractivity contribution in [3.8, 4) is 0 Å². The lowest BCUT2D eigenvalue weighted by Gasteiger charge is -2.13. The molecule has 1 N–H and O–H groups in total. The number of carbonyl (C=O) groups is 1. The van der Waals surface area contributed by atoms with Gasteiger partial charge in [-0.25, -0.2) is 5.01 Å². The number of nitrogens with zero attached hydrogens (tertiary/aromatic N) is 2. The molecule has 17 heavy (non-hydrogen) atoms. The van der Waals surface area contributed by atoms with E-state index in [0.29, 0.717) is 18.5 Å². The molecular formula is C11H15N3O3. The first-order valence-electron chi connectivity index (χ1n) is 5.20. The SMILES string of the molecule is CNN(C)CCC(=O)c1cccc([N+](=O)[O-])c1. The van der Waals surface area contributed by atoms with E-state index in [1.54, 1.807) is 18.1 Å². The zero-order valence-electron chi connectivity index (χ0n) is 9.84. The van der Waals surface area contributed by atoms with Crippen molar-refractivity contribution in [3.63, 3.8) is 0 Å². The predicted octanol–water partition coefficient (Wildman–Crippen LogP) is 1.23. The molecule has 0 aromatic heterocycles. The molecule has 0 spiro atoms. The van der Waals surface area contributed by atoms with E-state index in [1.165, 1.54) is 18.2 Å². The zero-order chi connectivity index (χ0) is 12.8. The van der Waals surface area contributed by atoms with Crippen LogP contribution in [-0.4, -0.2) is 36.4 Å². The van der Waals surface area contributed by atoms with Crippen LogP contribution in [0.15, 0.2) is 24.3 Å². The Labute approximate surface area is 99.4 Å². The summed E-state index contributed by atoms with van der Waals surface area (Å²) in [5, 5.41) is 12.3. The molecule has 1 aromatic carbocycles. The van der Waals surface area contributed by atoms with E-state index in [2.05, 4.69) is 5.43 Å². The predicted molar refractivity (Wildman–Crippen MR) is 63.7 cm³/mol. The van der Waals surface area contributed by atoms with Crippen LogP contribution in [-0.2, 0) is 0 Å². The summed E-state index contributed by atoms with van der Waals surface area (Å²) < 4.78 is 0. The van der Waals surface area contributed by atoms with Crippen molar-refractivity contribution >= 4 is 11.5 Å². The Hall–Kier alpha value is -1.79. The summed E-state index contributed by atoms with van der Waals surface area (Å²) in [7, 11) is 3.58. The maximum absolute atomic E-state index is 11.8. The lowest BCUT2D eigenvalue weighted by molar-refractivity contribution is -0.384. The minimum atomic E-state index is -0.503. The standard InChI is InChI=1S/C11H15N3O3/c1-12-13(2)7-6-11(15)9-4-3-5-10(8-9)14(16)17/h3-5,8,12H,6-7H2,1-2H3. The monoisotopic (exact) mass is 237 g/mol. The number of non-ortho nitro benzene ring substituents is 1. The molecule has 0 bridgehead atoms. The van der Waals surface area contributed by atoms with Crippen molar-refractivity contribution in [1.29, 1.82) is 0 Å². The Morgan fingerprint density at radius 3 is 2.82 bits per heavy atom. The summed E-state index contributed by atoms with van der Waals surface area (Å²) in [5.74, 6) is -0.101. The van der Waals surface area contributed by atoms with Gasteiger partial charge in [-0.2, -0.15) is 0 Å². The van der Waals surface area contributed by atoms with Gasteiger partial charge in [-0.3, -0.25) is 20.3 Å². The van der Waals surface area contributed by atoms with Gasteiger partial charge < -0.3 is 0 Å². The van der Waals surface area contributed by atoms with E-state index in [-0.39, 0.29) is 11.5 Å². The molecule has 0 fully saturated rings. The number of benzene rings is 1. The first-order chi connectivity index (χ1) is 8.04. The first-order valence-corrected chi connectivity index (χ1v) is 5.20. The van der Waals surface area contributed by atoms with Crippen LogP contribution in [0.5, 0.6) is 0 Å². The molecule has 0 unspecified atom stereocenters. The highest BCUT2D eigenvalue weighted by molar-refractivity contribution is 5.96. The molecule has 6 nitrogen and oxygen atoms in total. The number of nitro groups is 1. The van der Waals surface area contributed by atoms with E-state index in [4.69, 9.17) is 0 Å². The fourth-order valence-corrected chi connectivity index (χ4v) is 1.32. The number of ketones is 1. The largest absolute Gasteiger partial charge is 0.294 e. The van der Waals surface area contributed by atoms with Gasteiger partial charge in [0.2, 0.25) is 0 Å². The normalized spacial score (nSPS) is 10.5. The maximum Gasteiger partial charge on any atom is 0.270 e. The van der Waals surface area contributed by atoms with Crippen molar-refractivity contribution in [3.05, 3.63) is 39.9 Å². The summed E-state index contributed by atoms with van der Waals surface area (Å²) in [5.41, 5.74) is 3.20. The average molecular weight is 237 g/mol. The van der Waals surface area contributed by atoms with Crippen LogP contribution in [0.1, 0.15) is 16.8 Å². The fraction of sp³-hybridized carbons (Fsp3) is 0.364. The molecule has 6 heteroatoms. The molecule has 1 aromatic rings. The number of hydrogen-bond acceptors (Lipinski definition) is 5. The van der Waals surface area contributed by atoms with Crippen LogP contribution < -0.4 is 5.43 Å². The Balaban J connectivity index is 2.69. The molecule has 0 radical (unpaired) electrons. The molecular weight excluding hydrogens is 222 g/mol. The quantitative estimate of drug-likeness (QED) is 0.457. The lowest BCUT2D eigenvalue weighted by Crippen LogP contribution is -2.32. The maximum atomic E-state index is 11.8. The Morgan fingerprint density at radius 1 is 1.53 bits per heavy atom. The van der Waals surface area contributed by atoms with Crippen LogP contribution in [0.25, 0.3) is 0 Å². The molecule has 0 aliphatic carbocycles. The Bertz CT molecular complexity index is 420. The first kappa shape index (κ1) is 13.3. The van der Waals surface area contributed by atoms with Crippen LogP contribution >= 0.6 is 0 Å². The molecule has 0 saturated heterocycles. The van der Waals surface area contributed by atoms with Gasteiger partial charge >= 0.3 is 0 Å². The number of nitrogens with one attached hydrogen (secondary N) is 1. The van der Waals surface area contributed by atoms with Crippen LogP contribution in [0.3, 0.4) is 0 Å². The molecule has 0 aliphatic rings. The second kappa shape index (κ2) is 6.07. The number of Topliss-reactive ketones (excluding diaryl/α,β-unsaturated/α-hetero) is 1. The van der Waals surface area contributed by atoms with E-state index >= 15 is 0 Å². The summed E-state index contributed by atoms with van der Waals surface area (Å²) in [6.07, 6.45) is 0.318. The van der Waals surface area contributed by atoms with Gasteiger partial charge in [-0.15, -0.1) is 0 Å². The van der Waals surface area contributed by atoms with Crippen LogP contribution in [0.2, 0.25) is 0 Å². The van der Waals surface area contributed by atoms with Gasteiger partial charge in [0.15, 0.2) is 5.78 Å². The molecule has 0 heterocycles. The summed E-state index contributed by atoms with van der Waals surface area (Å²) in [6.45, 7) is 0.554. The third-order valence-corrected chi connectivity index (χ3v) is 2.43. The zero-order valence-corrected chi connectivity index (χ0v) is 9.84. The highest BCUT2D eigenvalue weighted by atomic mass is 16.6.